The third-order valence-corrected chi connectivity index (χ3v) is 4.82. The second-order valence-electron chi connectivity index (χ2n) is 5.78. The van der Waals surface area contributed by atoms with Crippen molar-refractivity contribution in [2.24, 2.45) is 0 Å². The summed E-state index contributed by atoms with van der Waals surface area (Å²) < 4.78 is 0. The first-order valence-corrected chi connectivity index (χ1v) is 8.48. The highest BCUT2D eigenvalue weighted by molar-refractivity contribution is 7.09. The molecule has 24 heavy (non-hydrogen) atoms. The molecule has 0 fully saturated rings. The zero-order valence-corrected chi connectivity index (χ0v) is 15.1. The number of rotatable bonds is 5. The standard InChI is InChI=1S/C17H20N4O2S/c1-10-14(11(2)19-17(23)15(10)7-18)5-6-16(22)21(4)8-13-9-24-12(3)20-13/h9H,5-6,8H2,1-4H3,(H,19,23). The van der Waals surface area contributed by atoms with E-state index < -0.39 is 0 Å². The third-order valence-electron chi connectivity index (χ3n) is 4.00. The predicted molar refractivity (Wildman–Crippen MR) is 92.9 cm³/mol. The molecule has 1 amide bonds. The fourth-order valence-electron chi connectivity index (χ4n) is 2.66. The van der Waals surface area contributed by atoms with Crippen LogP contribution in [-0.2, 0) is 17.8 Å². The van der Waals surface area contributed by atoms with E-state index in [2.05, 4.69) is 9.97 Å². The number of thiazole rings is 1. The van der Waals surface area contributed by atoms with Gasteiger partial charge in [0, 0.05) is 24.5 Å². The molecule has 2 aromatic rings. The molecule has 0 aromatic carbocycles. The maximum absolute atomic E-state index is 12.3. The van der Waals surface area contributed by atoms with Crippen LogP contribution in [0.3, 0.4) is 0 Å². The summed E-state index contributed by atoms with van der Waals surface area (Å²) in [6.07, 6.45) is 0.806. The third kappa shape index (κ3) is 3.89. The van der Waals surface area contributed by atoms with Crippen LogP contribution in [0, 0.1) is 32.1 Å². The fourth-order valence-corrected chi connectivity index (χ4v) is 3.26. The van der Waals surface area contributed by atoms with Gasteiger partial charge in [-0.1, -0.05) is 0 Å². The van der Waals surface area contributed by atoms with Crippen LogP contribution in [0.2, 0.25) is 0 Å². The Balaban J connectivity index is 2.06. The first-order chi connectivity index (χ1) is 11.3. The minimum absolute atomic E-state index is 0.00385. The van der Waals surface area contributed by atoms with E-state index in [1.165, 1.54) is 0 Å². The Labute approximate surface area is 144 Å². The molecule has 0 aliphatic rings. The van der Waals surface area contributed by atoms with Crippen molar-refractivity contribution in [2.45, 2.75) is 40.2 Å². The number of aromatic amines is 1. The van der Waals surface area contributed by atoms with Crippen LogP contribution in [0.5, 0.6) is 0 Å². The van der Waals surface area contributed by atoms with Gasteiger partial charge in [-0.15, -0.1) is 11.3 Å². The van der Waals surface area contributed by atoms with E-state index in [9.17, 15) is 9.59 Å². The van der Waals surface area contributed by atoms with Crippen molar-refractivity contribution in [2.75, 3.05) is 7.05 Å². The minimum atomic E-state index is -0.376. The first kappa shape index (κ1) is 17.9. The Kier molecular flexibility index (Phi) is 5.52. The number of nitrogens with zero attached hydrogens (tertiary/aromatic N) is 3. The number of hydrogen-bond acceptors (Lipinski definition) is 5. The van der Waals surface area contributed by atoms with Gasteiger partial charge in [-0.25, -0.2) is 4.98 Å². The predicted octanol–water partition coefficient (Wildman–Crippen LogP) is 2.22. The quantitative estimate of drug-likeness (QED) is 0.900. The highest BCUT2D eigenvalue weighted by Crippen LogP contribution is 2.16. The number of aryl methyl sites for hydroxylation is 2. The molecule has 6 nitrogen and oxygen atoms in total. The molecule has 0 saturated heterocycles. The van der Waals surface area contributed by atoms with Crippen LogP contribution in [-0.4, -0.2) is 27.8 Å². The number of aromatic nitrogens is 2. The SMILES string of the molecule is Cc1nc(CN(C)C(=O)CCc2c(C)[nH]c(=O)c(C#N)c2C)cs1. The summed E-state index contributed by atoms with van der Waals surface area (Å²) in [5.74, 6) is 0.00385. The van der Waals surface area contributed by atoms with Crippen LogP contribution in [0.25, 0.3) is 0 Å². The van der Waals surface area contributed by atoms with E-state index in [-0.39, 0.29) is 17.0 Å². The summed E-state index contributed by atoms with van der Waals surface area (Å²) >= 11 is 1.56. The highest BCUT2D eigenvalue weighted by atomic mass is 32.1. The van der Waals surface area contributed by atoms with Crippen LogP contribution < -0.4 is 5.56 Å². The van der Waals surface area contributed by atoms with E-state index >= 15 is 0 Å². The van der Waals surface area contributed by atoms with Gasteiger partial charge in [0.25, 0.3) is 5.56 Å². The average Bonchev–Trinajstić information content (AvgIpc) is 2.91. The number of hydrogen-bond donors (Lipinski definition) is 1. The molecule has 0 spiro atoms. The molecule has 0 radical (unpaired) electrons. The molecule has 0 atom stereocenters. The first-order valence-electron chi connectivity index (χ1n) is 7.61. The van der Waals surface area contributed by atoms with Gasteiger partial charge in [0.2, 0.25) is 5.91 Å². The molecule has 2 aromatic heterocycles. The summed E-state index contributed by atoms with van der Waals surface area (Å²) in [6.45, 7) is 5.96. The van der Waals surface area contributed by atoms with Crippen molar-refractivity contribution in [3.8, 4) is 6.07 Å². The van der Waals surface area contributed by atoms with Crippen LogP contribution in [0.4, 0.5) is 0 Å². The summed E-state index contributed by atoms with van der Waals surface area (Å²) in [6, 6.07) is 1.93. The molecule has 2 heterocycles. The monoisotopic (exact) mass is 344 g/mol. The molecule has 7 heteroatoms. The smallest absolute Gasteiger partial charge is 0.266 e. The van der Waals surface area contributed by atoms with Gasteiger partial charge < -0.3 is 9.88 Å². The summed E-state index contributed by atoms with van der Waals surface area (Å²) in [7, 11) is 1.75. The number of carbonyl (C=O) groups excluding carboxylic acids is 1. The lowest BCUT2D eigenvalue weighted by Gasteiger charge is -2.17. The van der Waals surface area contributed by atoms with Crippen molar-refractivity contribution < 1.29 is 4.79 Å². The second-order valence-corrected chi connectivity index (χ2v) is 6.84. The molecule has 2 rings (SSSR count). The van der Waals surface area contributed by atoms with Gasteiger partial charge in [0.1, 0.15) is 11.6 Å². The lowest BCUT2D eigenvalue weighted by atomic mass is 9.99. The van der Waals surface area contributed by atoms with Crippen LogP contribution in [0.1, 0.15) is 39.5 Å². The van der Waals surface area contributed by atoms with E-state index in [0.717, 1.165) is 16.3 Å². The Morgan fingerprint density at radius 3 is 2.71 bits per heavy atom. The van der Waals surface area contributed by atoms with E-state index in [1.807, 2.05) is 18.4 Å². The Morgan fingerprint density at radius 1 is 1.42 bits per heavy atom. The molecular weight excluding hydrogens is 324 g/mol. The lowest BCUT2D eigenvalue weighted by molar-refractivity contribution is -0.130. The number of nitrogens with one attached hydrogen (secondary N) is 1. The van der Waals surface area contributed by atoms with Crippen LogP contribution >= 0.6 is 11.3 Å². The van der Waals surface area contributed by atoms with Gasteiger partial charge >= 0.3 is 0 Å². The molecule has 0 aliphatic heterocycles. The normalized spacial score (nSPS) is 10.5. The topological polar surface area (TPSA) is 89.8 Å². The fraction of sp³-hybridized carbons (Fsp3) is 0.412. The maximum atomic E-state index is 12.3. The maximum Gasteiger partial charge on any atom is 0.266 e. The lowest BCUT2D eigenvalue weighted by Crippen LogP contribution is -2.27. The minimum Gasteiger partial charge on any atom is -0.340 e. The molecule has 0 unspecified atom stereocenters. The number of H-pyrrole nitrogens is 1. The molecule has 0 bridgehead atoms. The van der Waals surface area contributed by atoms with Gasteiger partial charge in [-0.2, -0.15) is 5.26 Å². The number of nitriles is 1. The molecule has 0 aliphatic carbocycles. The van der Waals surface area contributed by atoms with E-state index in [1.54, 1.807) is 37.1 Å². The summed E-state index contributed by atoms with van der Waals surface area (Å²) in [5, 5.41) is 12.0. The van der Waals surface area contributed by atoms with Gasteiger partial charge in [-0.05, 0) is 38.3 Å². The van der Waals surface area contributed by atoms with Crippen molar-refractivity contribution >= 4 is 17.2 Å². The van der Waals surface area contributed by atoms with Gasteiger partial charge in [0.05, 0.1) is 17.2 Å². The second kappa shape index (κ2) is 7.41. The number of carbonyl (C=O) groups is 1. The van der Waals surface area contributed by atoms with Crippen molar-refractivity contribution in [3.05, 3.63) is 48.8 Å². The Hall–Kier alpha value is -2.46. The Bertz CT molecular complexity index is 860. The highest BCUT2D eigenvalue weighted by Gasteiger charge is 2.15. The number of pyridine rings is 1. The Morgan fingerprint density at radius 2 is 2.12 bits per heavy atom. The van der Waals surface area contributed by atoms with E-state index in [4.69, 9.17) is 5.26 Å². The molecule has 1 N–H and O–H groups in total. The zero-order chi connectivity index (χ0) is 17.9. The summed E-state index contributed by atoms with van der Waals surface area (Å²) in [5.41, 5.74) is 2.85. The number of amides is 1. The zero-order valence-electron chi connectivity index (χ0n) is 14.3. The van der Waals surface area contributed by atoms with Crippen molar-refractivity contribution in [3.63, 3.8) is 0 Å². The van der Waals surface area contributed by atoms with Crippen molar-refractivity contribution in [1.82, 2.24) is 14.9 Å². The molecule has 126 valence electrons. The van der Waals surface area contributed by atoms with Crippen LogP contribution in [0.15, 0.2) is 10.2 Å². The average molecular weight is 344 g/mol. The van der Waals surface area contributed by atoms with Gasteiger partial charge in [0.15, 0.2) is 0 Å². The van der Waals surface area contributed by atoms with E-state index in [0.29, 0.717) is 30.6 Å². The molecular formula is C17H20N4O2S. The van der Waals surface area contributed by atoms with Gasteiger partial charge in [-0.3, -0.25) is 9.59 Å². The molecule has 0 saturated carbocycles. The van der Waals surface area contributed by atoms with Crippen molar-refractivity contribution in [1.29, 1.82) is 5.26 Å². The largest absolute Gasteiger partial charge is 0.340 e. The summed E-state index contributed by atoms with van der Waals surface area (Å²) in [4.78, 5) is 32.8.